The zero-order chi connectivity index (χ0) is 27.3. The number of hydrogen-bond acceptors (Lipinski definition) is 5. The summed E-state index contributed by atoms with van der Waals surface area (Å²) in [5, 5.41) is 3.61. The molecule has 198 valence electrons. The molecule has 8 nitrogen and oxygen atoms in total. The molecule has 1 aliphatic heterocycles. The van der Waals surface area contributed by atoms with E-state index in [1.54, 1.807) is 6.92 Å². The summed E-state index contributed by atoms with van der Waals surface area (Å²) >= 11 is 0. The van der Waals surface area contributed by atoms with Crippen LogP contribution in [-0.4, -0.2) is 44.3 Å². The summed E-state index contributed by atoms with van der Waals surface area (Å²) in [5.74, 6) is 0.272. The summed E-state index contributed by atoms with van der Waals surface area (Å²) in [6, 6.07) is 15.4. The van der Waals surface area contributed by atoms with E-state index in [9.17, 15) is 9.59 Å². The number of aromatic nitrogens is 3. The van der Waals surface area contributed by atoms with E-state index in [4.69, 9.17) is 5.73 Å². The molecular formula is C31H32N6O2. The Kier molecular flexibility index (Phi) is 5.98. The smallest absolute Gasteiger partial charge is 0.253 e. The number of nitrogen functional groups attached to an aromatic ring is 1. The number of carbonyl (C=O) groups excluding carboxylic acids is 2. The number of benzene rings is 2. The Bertz CT molecular complexity index is 1610. The van der Waals surface area contributed by atoms with Crippen LogP contribution < -0.4 is 11.1 Å². The SMILES string of the molecule is C=C(C)C(=O)Nc1ccc(-c2c(-c3ccc(C(=O)N4CCCC5(CC5)C4)cc3)c3c(N)ncnc3n2C)cc1. The van der Waals surface area contributed by atoms with Crippen molar-refractivity contribution in [2.45, 2.75) is 32.6 Å². The number of fused-ring (bicyclic) bond motifs is 1. The van der Waals surface area contributed by atoms with Crippen molar-refractivity contribution in [3.8, 4) is 22.4 Å². The Hall–Kier alpha value is -4.46. The molecule has 0 atom stereocenters. The van der Waals surface area contributed by atoms with Gasteiger partial charge in [0.15, 0.2) is 0 Å². The summed E-state index contributed by atoms with van der Waals surface area (Å²) in [6.07, 6.45) is 6.27. The highest BCUT2D eigenvalue weighted by atomic mass is 16.2. The van der Waals surface area contributed by atoms with Crippen molar-refractivity contribution in [1.29, 1.82) is 0 Å². The van der Waals surface area contributed by atoms with Crippen molar-refractivity contribution in [3.05, 3.63) is 72.6 Å². The Morgan fingerprint density at radius 3 is 2.36 bits per heavy atom. The van der Waals surface area contributed by atoms with Gasteiger partial charge < -0.3 is 20.5 Å². The van der Waals surface area contributed by atoms with Crippen LogP contribution in [-0.2, 0) is 11.8 Å². The number of nitrogens with zero attached hydrogens (tertiary/aromatic N) is 4. The fourth-order valence-electron chi connectivity index (χ4n) is 5.77. The van der Waals surface area contributed by atoms with Crippen LogP contribution in [0, 0.1) is 5.41 Å². The second-order valence-electron chi connectivity index (χ2n) is 11.0. The molecular weight excluding hydrogens is 488 g/mol. The van der Waals surface area contributed by atoms with Crippen LogP contribution >= 0.6 is 0 Å². The maximum absolute atomic E-state index is 13.3. The van der Waals surface area contributed by atoms with E-state index in [2.05, 4.69) is 21.9 Å². The predicted molar refractivity (Wildman–Crippen MR) is 154 cm³/mol. The number of hydrogen-bond donors (Lipinski definition) is 2. The summed E-state index contributed by atoms with van der Waals surface area (Å²) in [7, 11) is 1.95. The lowest BCUT2D eigenvalue weighted by atomic mass is 9.94. The summed E-state index contributed by atoms with van der Waals surface area (Å²) in [5.41, 5.74) is 13.0. The fourth-order valence-corrected chi connectivity index (χ4v) is 5.77. The standard InChI is InChI=1S/C31H32N6O2/c1-19(2)29(38)35-23-11-9-21(10-12-23)26-24(25-27(32)33-18-34-28(25)36(26)3)20-5-7-22(8-6-20)30(39)37-16-4-13-31(17-37)14-15-31/h5-12,18H,1,4,13-17H2,2-3H3,(H,35,38)(H2,32,33,34). The highest BCUT2D eigenvalue weighted by Gasteiger charge is 2.46. The summed E-state index contributed by atoms with van der Waals surface area (Å²) in [6.45, 7) is 7.07. The lowest BCUT2D eigenvalue weighted by Crippen LogP contribution is -2.40. The molecule has 0 radical (unpaired) electrons. The lowest BCUT2D eigenvalue weighted by molar-refractivity contribution is -0.112. The van der Waals surface area contributed by atoms with Gasteiger partial charge in [-0.05, 0) is 73.4 Å². The molecule has 1 aliphatic carbocycles. The molecule has 1 saturated heterocycles. The van der Waals surface area contributed by atoms with Gasteiger partial charge in [-0.1, -0.05) is 30.8 Å². The zero-order valence-corrected chi connectivity index (χ0v) is 22.3. The number of amides is 2. The molecule has 6 rings (SSSR count). The van der Waals surface area contributed by atoms with Crippen molar-refractivity contribution in [1.82, 2.24) is 19.4 Å². The minimum absolute atomic E-state index is 0.0981. The molecule has 8 heteroatoms. The molecule has 1 saturated carbocycles. The molecule has 2 aromatic carbocycles. The quantitative estimate of drug-likeness (QED) is 0.342. The highest BCUT2D eigenvalue weighted by molar-refractivity contribution is 6.08. The first-order chi connectivity index (χ1) is 18.8. The van der Waals surface area contributed by atoms with Crippen LogP contribution in [0.1, 0.15) is 43.0 Å². The maximum atomic E-state index is 13.3. The van der Waals surface area contributed by atoms with Crippen LogP contribution in [0.4, 0.5) is 11.5 Å². The Labute approximate surface area is 227 Å². The Morgan fingerprint density at radius 1 is 1.00 bits per heavy atom. The van der Waals surface area contributed by atoms with Gasteiger partial charge in [0.2, 0.25) is 0 Å². The molecule has 3 heterocycles. The van der Waals surface area contributed by atoms with Crippen molar-refractivity contribution in [3.63, 3.8) is 0 Å². The van der Waals surface area contributed by atoms with E-state index in [1.165, 1.54) is 25.6 Å². The van der Waals surface area contributed by atoms with Crippen LogP contribution in [0.3, 0.4) is 0 Å². The van der Waals surface area contributed by atoms with Crippen molar-refractivity contribution < 1.29 is 9.59 Å². The average Bonchev–Trinajstić information content (AvgIpc) is 3.61. The number of piperidine rings is 1. The zero-order valence-electron chi connectivity index (χ0n) is 22.3. The number of carbonyl (C=O) groups is 2. The first-order valence-corrected chi connectivity index (χ1v) is 13.3. The van der Waals surface area contributed by atoms with Gasteiger partial charge in [0.25, 0.3) is 11.8 Å². The number of aryl methyl sites for hydroxylation is 1. The van der Waals surface area contributed by atoms with E-state index in [0.717, 1.165) is 52.9 Å². The van der Waals surface area contributed by atoms with E-state index >= 15 is 0 Å². The predicted octanol–water partition coefficient (Wildman–Crippen LogP) is 5.42. The van der Waals surface area contributed by atoms with Gasteiger partial charge in [-0.3, -0.25) is 9.59 Å². The molecule has 2 fully saturated rings. The highest BCUT2D eigenvalue weighted by Crippen LogP contribution is 2.52. The van der Waals surface area contributed by atoms with Crippen LogP contribution in [0.5, 0.6) is 0 Å². The lowest BCUT2D eigenvalue weighted by Gasteiger charge is -2.33. The van der Waals surface area contributed by atoms with Gasteiger partial charge in [-0.25, -0.2) is 9.97 Å². The molecule has 39 heavy (non-hydrogen) atoms. The van der Waals surface area contributed by atoms with Gasteiger partial charge in [0, 0.05) is 42.5 Å². The van der Waals surface area contributed by atoms with Gasteiger partial charge in [-0.2, -0.15) is 0 Å². The van der Waals surface area contributed by atoms with Gasteiger partial charge in [-0.15, -0.1) is 0 Å². The molecule has 2 aliphatic rings. The average molecular weight is 521 g/mol. The van der Waals surface area contributed by atoms with Crippen LogP contribution in [0.25, 0.3) is 33.4 Å². The molecule has 3 N–H and O–H groups in total. The Morgan fingerprint density at radius 2 is 1.69 bits per heavy atom. The third-order valence-electron chi connectivity index (χ3n) is 8.13. The molecule has 2 amide bonds. The van der Waals surface area contributed by atoms with Crippen molar-refractivity contribution in [2.75, 3.05) is 24.1 Å². The van der Waals surface area contributed by atoms with Gasteiger partial charge in [0.1, 0.15) is 17.8 Å². The molecule has 2 aromatic heterocycles. The van der Waals surface area contributed by atoms with Crippen molar-refractivity contribution in [2.24, 2.45) is 12.5 Å². The van der Waals surface area contributed by atoms with E-state index < -0.39 is 0 Å². The molecule has 0 bridgehead atoms. The van der Waals surface area contributed by atoms with Crippen LogP contribution in [0.15, 0.2) is 67.0 Å². The minimum atomic E-state index is -0.220. The first kappa shape index (κ1) is 24.9. The summed E-state index contributed by atoms with van der Waals surface area (Å²) < 4.78 is 2.01. The van der Waals surface area contributed by atoms with E-state index in [0.29, 0.717) is 28.1 Å². The molecule has 4 aromatic rings. The Balaban J connectivity index is 1.38. The van der Waals surface area contributed by atoms with Crippen LogP contribution in [0.2, 0.25) is 0 Å². The third kappa shape index (κ3) is 4.46. The summed E-state index contributed by atoms with van der Waals surface area (Å²) in [4.78, 5) is 36.2. The second-order valence-corrected chi connectivity index (χ2v) is 11.0. The van der Waals surface area contributed by atoms with E-state index in [1.807, 2.05) is 65.0 Å². The monoisotopic (exact) mass is 520 g/mol. The molecule has 1 spiro atoms. The van der Waals surface area contributed by atoms with Gasteiger partial charge >= 0.3 is 0 Å². The molecule has 0 unspecified atom stereocenters. The number of nitrogens with two attached hydrogens (primary N) is 1. The maximum Gasteiger partial charge on any atom is 0.253 e. The normalized spacial score (nSPS) is 15.9. The van der Waals surface area contributed by atoms with E-state index in [-0.39, 0.29) is 11.8 Å². The largest absolute Gasteiger partial charge is 0.383 e. The fraction of sp³-hybridized carbons (Fsp3) is 0.290. The third-order valence-corrected chi connectivity index (χ3v) is 8.13. The number of likely N-dealkylation sites (tertiary alicyclic amines) is 1. The second kappa shape index (κ2) is 9.38. The number of nitrogens with one attached hydrogen (secondary N) is 1. The first-order valence-electron chi connectivity index (χ1n) is 13.3. The van der Waals surface area contributed by atoms with Crippen molar-refractivity contribution >= 4 is 34.4 Å². The topological polar surface area (TPSA) is 106 Å². The van der Waals surface area contributed by atoms with Gasteiger partial charge in [0.05, 0.1) is 11.1 Å². The minimum Gasteiger partial charge on any atom is -0.383 e. The number of rotatable bonds is 5. The number of anilines is 2.